The number of aromatic nitrogens is 2. The Labute approximate surface area is 217 Å². The van der Waals surface area contributed by atoms with Gasteiger partial charge < -0.3 is 0 Å². The second kappa shape index (κ2) is 9.84. The van der Waals surface area contributed by atoms with E-state index >= 15 is 0 Å². The van der Waals surface area contributed by atoms with Gasteiger partial charge in [0.1, 0.15) is 0 Å². The van der Waals surface area contributed by atoms with Crippen molar-refractivity contribution in [2.75, 3.05) is 5.88 Å². The highest BCUT2D eigenvalue weighted by Crippen LogP contribution is 2.35. The van der Waals surface area contributed by atoms with Crippen LogP contribution in [0.2, 0.25) is 5.02 Å². The highest BCUT2D eigenvalue weighted by molar-refractivity contribution is 8.18. The van der Waals surface area contributed by atoms with E-state index in [2.05, 4.69) is 5.10 Å². The predicted molar refractivity (Wildman–Crippen MR) is 131 cm³/mol. The Kier molecular flexibility index (Phi) is 7.10. The molecule has 0 aliphatic carbocycles. The number of thioether (sulfide) groups is 1. The molecule has 0 radical (unpaired) electrons. The maximum absolute atomic E-state index is 13.4. The lowest BCUT2D eigenvalue weighted by Gasteiger charge is -2.14. The van der Waals surface area contributed by atoms with E-state index in [4.69, 9.17) is 11.6 Å². The lowest BCUT2D eigenvalue weighted by Crippen LogP contribution is -2.40. The average Bonchev–Trinajstić information content (AvgIpc) is 3.28. The van der Waals surface area contributed by atoms with Gasteiger partial charge in [0.2, 0.25) is 5.91 Å². The highest BCUT2D eigenvalue weighted by Gasteiger charge is 2.38. The van der Waals surface area contributed by atoms with Crippen molar-refractivity contribution in [3.05, 3.63) is 69.2 Å². The molecule has 1 aliphatic heterocycles. The van der Waals surface area contributed by atoms with E-state index in [-0.39, 0.29) is 22.0 Å². The first-order valence-electron chi connectivity index (χ1n) is 10.3. The topological polar surface area (TPSA) is 118 Å². The van der Waals surface area contributed by atoms with Crippen molar-refractivity contribution in [2.45, 2.75) is 19.6 Å². The monoisotopic (exact) mass is 572 g/mol. The summed E-state index contributed by atoms with van der Waals surface area (Å²) < 4.78 is 67.3. The summed E-state index contributed by atoms with van der Waals surface area (Å²) in [6.45, 7) is 0.810. The van der Waals surface area contributed by atoms with Crippen molar-refractivity contribution in [3.8, 4) is 0 Å². The first-order valence-corrected chi connectivity index (χ1v) is 13.2. The second-order valence-electron chi connectivity index (χ2n) is 7.93. The Morgan fingerprint density at radius 1 is 1.19 bits per heavy atom. The van der Waals surface area contributed by atoms with Crippen LogP contribution in [0.4, 0.5) is 18.0 Å². The van der Waals surface area contributed by atoms with Gasteiger partial charge in [-0.15, -0.1) is 0 Å². The van der Waals surface area contributed by atoms with Gasteiger partial charge in [-0.05, 0) is 53.2 Å². The van der Waals surface area contributed by atoms with Crippen molar-refractivity contribution < 1.29 is 36.0 Å². The summed E-state index contributed by atoms with van der Waals surface area (Å²) >= 11 is 6.28. The molecule has 2 aromatic carbocycles. The number of nitrogens with zero attached hydrogens (tertiary/aromatic N) is 3. The molecule has 15 heteroatoms. The van der Waals surface area contributed by atoms with Crippen LogP contribution in [-0.4, -0.2) is 46.0 Å². The maximum Gasteiger partial charge on any atom is 0.416 e. The molecule has 0 unspecified atom stereocenters. The number of benzene rings is 2. The van der Waals surface area contributed by atoms with E-state index in [0.717, 1.165) is 13.0 Å². The first-order chi connectivity index (χ1) is 17.2. The van der Waals surface area contributed by atoms with Crippen molar-refractivity contribution in [2.24, 2.45) is 0 Å². The summed E-state index contributed by atoms with van der Waals surface area (Å²) in [4.78, 5) is 36.3. The fourth-order valence-electron chi connectivity index (χ4n) is 3.62. The number of rotatable bonds is 6. The van der Waals surface area contributed by atoms with Gasteiger partial charge in [0.25, 0.3) is 21.2 Å². The Hall–Kier alpha value is -3.36. The number of sulfonamides is 1. The standard InChI is InChI=1S/C22H16ClF3N4O5S2/c1-12(31)28-37(34,35)11-29-20(32)19(36-21(29)33)7-13-2-5-18-15(6-13)9-27-30(18)10-14-3-4-16(23)8-17(14)22(24,25)26/h2-9H,10-11H2,1H3,(H,28,31)/b19-7+. The summed E-state index contributed by atoms with van der Waals surface area (Å²) in [5, 5.41) is 3.88. The van der Waals surface area contributed by atoms with Crippen molar-refractivity contribution >= 4 is 67.4 Å². The zero-order chi connectivity index (χ0) is 27.1. The smallest absolute Gasteiger partial charge is 0.274 e. The minimum absolute atomic E-state index is 0.0196. The molecule has 0 saturated carbocycles. The van der Waals surface area contributed by atoms with E-state index < -0.39 is 44.7 Å². The Morgan fingerprint density at radius 3 is 2.59 bits per heavy atom. The molecule has 4 rings (SSSR count). The number of amides is 3. The molecular formula is C22H16ClF3N4O5S2. The Balaban J connectivity index is 1.58. The Bertz CT molecular complexity index is 1580. The molecule has 3 aromatic rings. The number of carbonyl (C=O) groups excluding carboxylic acids is 3. The van der Waals surface area contributed by atoms with Gasteiger partial charge in [-0.3, -0.25) is 28.7 Å². The molecule has 2 heterocycles. The number of imide groups is 1. The number of alkyl halides is 3. The van der Waals surface area contributed by atoms with E-state index in [1.165, 1.54) is 29.1 Å². The van der Waals surface area contributed by atoms with Crippen LogP contribution in [0.1, 0.15) is 23.6 Å². The summed E-state index contributed by atoms with van der Waals surface area (Å²) in [5.74, 6) is -2.71. The van der Waals surface area contributed by atoms with Crippen molar-refractivity contribution in [1.82, 2.24) is 19.4 Å². The fourth-order valence-corrected chi connectivity index (χ4v) is 5.79. The Morgan fingerprint density at radius 2 is 1.92 bits per heavy atom. The zero-order valence-corrected chi connectivity index (χ0v) is 21.1. The van der Waals surface area contributed by atoms with E-state index in [1.54, 1.807) is 22.9 Å². The molecule has 1 N–H and O–H groups in total. The van der Waals surface area contributed by atoms with Crippen molar-refractivity contribution in [1.29, 1.82) is 0 Å². The summed E-state index contributed by atoms with van der Waals surface area (Å²) in [6.07, 6.45) is -1.77. The number of halogens is 4. The van der Waals surface area contributed by atoms with Gasteiger partial charge in [-0.1, -0.05) is 23.7 Å². The first kappa shape index (κ1) is 26.7. The SMILES string of the molecule is CC(=O)NS(=O)(=O)CN1C(=O)S/C(=C/c2ccc3c(cnn3Cc3ccc(Cl)cc3C(F)(F)F)c2)C1=O. The van der Waals surface area contributed by atoms with E-state index in [0.29, 0.717) is 33.1 Å². The summed E-state index contributed by atoms with van der Waals surface area (Å²) in [6, 6.07) is 8.31. The zero-order valence-electron chi connectivity index (χ0n) is 18.7. The lowest BCUT2D eigenvalue weighted by atomic mass is 10.1. The second-order valence-corrected chi connectivity index (χ2v) is 11.1. The number of nitrogens with one attached hydrogen (secondary N) is 1. The molecule has 9 nitrogen and oxygen atoms in total. The van der Waals surface area contributed by atoms with E-state index in [1.807, 2.05) is 0 Å². The molecule has 1 aliphatic rings. The molecular weight excluding hydrogens is 557 g/mol. The number of hydrogen-bond donors (Lipinski definition) is 1. The van der Waals surface area contributed by atoms with Crippen LogP contribution in [0, 0.1) is 0 Å². The molecule has 1 saturated heterocycles. The molecule has 1 aromatic heterocycles. The van der Waals surface area contributed by atoms with Crippen LogP contribution >= 0.6 is 23.4 Å². The largest absolute Gasteiger partial charge is 0.416 e. The van der Waals surface area contributed by atoms with Crippen LogP contribution in [0.25, 0.3) is 17.0 Å². The van der Waals surface area contributed by atoms with Gasteiger partial charge >= 0.3 is 6.18 Å². The molecule has 0 spiro atoms. The molecule has 37 heavy (non-hydrogen) atoms. The normalized spacial score (nSPS) is 15.7. The number of fused-ring (bicyclic) bond motifs is 1. The third kappa shape index (κ3) is 5.97. The number of carbonyl (C=O) groups is 3. The van der Waals surface area contributed by atoms with Gasteiger partial charge in [0, 0.05) is 17.3 Å². The van der Waals surface area contributed by atoms with E-state index in [9.17, 15) is 36.0 Å². The van der Waals surface area contributed by atoms with Gasteiger partial charge in [0.05, 0.1) is 28.7 Å². The molecule has 0 atom stereocenters. The van der Waals surface area contributed by atoms with Crippen LogP contribution in [0.3, 0.4) is 0 Å². The van der Waals surface area contributed by atoms with Gasteiger partial charge in [-0.25, -0.2) is 8.42 Å². The van der Waals surface area contributed by atoms with Gasteiger partial charge in [0.15, 0.2) is 5.88 Å². The minimum atomic E-state index is -4.60. The maximum atomic E-state index is 13.4. The van der Waals surface area contributed by atoms with Crippen LogP contribution < -0.4 is 4.72 Å². The van der Waals surface area contributed by atoms with Gasteiger partial charge in [-0.2, -0.15) is 18.3 Å². The molecule has 3 amide bonds. The number of hydrogen-bond acceptors (Lipinski definition) is 7. The molecule has 194 valence electrons. The summed E-state index contributed by atoms with van der Waals surface area (Å²) in [5.41, 5.74) is 0.116. The molecule has 0 bridgehead atoms. The minimum Gasteiger partial charge on any atom is -0.274 e. The van der Waals surface area contributed by atoms with Crippen LogP contribution in [-0.2, 0) is 32.3 Å². The average molecular weight is 573 g/mol. The predicted octanol–water partition coefficient (Wildman–Crippen LogP) is 4.22. The fraction of sp³-hybridized carbons (Fsp3) is 0.182. The third-order valence-electron chi connectivity index (χ3n) is 5.13. The highest BCUT2D eigenvalue weighted by atomic mass is 35.5. The van der Waals surface area contributed by atoms with Crippen LogP contribution in [0.5, 0.6) is 0 Å². The molecule has 1 fully saturated rings. The quantitative estimate of drug-likeness (QED) is 0.439. The summed E-state index contributed by atoms with van der Waals surface area (Å²) in [7, 11) is -4.24. The third-order valence-corrected chi connectivity index (χ3v) is 7.47. The van der Waals surface area contributed by atoms with Crippen LogP contribution in [0.15, 0.2) is 47.5 Å². The lowest BCUT2D eigenvalue weighted by molar-refractivity contribution is -0.138. The van der Waals surface area contributed by atoms with Crippen molar-refractivity contribution in [3.63, 3.8) is 0 Å².